The van der Waals surface area contributed by atoms with E-state index in [4.69, 9.17) is 0 Å². The van der Waals surface area contributed by atoms with Crippen molar-refractivity contribution in [1.29, 1.82) is 0 Å². The van der Waals surface area contributed by atoms with Crippen LogP contribution in [0.15, 0.2) is 59.6 Å². The van der Waals surface area contributed by atoms with Gasteiger partial charge in [0.15, 0.2) is 0 Å². The van der Waals surface area contributed by atoms with Crippen molar-refractivity contribution in [2.24, 2.45) is 0 Å². The summed E-state index contributed by atoms with van der Waals surface area (Å²) in [6, 6.07) is 10.5. The molecule has 0 bridgehead atoms. The second kappa shape index (κ2) is 8.46. The summed E-state index contributed by atoms with van der Waals surface area (Å²) in [6.07, 6.45) is -0.707. The summed E-state index contributed by atoms with van der Waals surface area (Å²) >= 11 is 0. The highest BCUT2D eigenvalue weighted by Crippen LogP contribution is 2.36. The van der Waals surface area contributed by atoms with Crippen LogP contribution in [0.2, 0.25) is 0 Å². The van der Waals surface area contributed by atoms with Crippen LogP contribution in [0, 0.1) is 0 Å². The van der Waals surface area contributed by atoms with Gasteiger partial charge < -0.3 is 9.64 Å². The number of fused-ring (bicyclic) bond motifs is 1. The van der Waals surface area contributed by atoms with Gasteiger partial charge in [-0.25, -0.2) is 12.4 Å². The minimum atomic E-state index is -4.84. The number of halogens is 3. The Morgan fingerprint density at radius 2 is 1.68 bits per heavy atom. The molecular formula is C25H27F3N2O3S. The summed E-state index contributed by atoms with van der Waals surface area (Å²) in [7, 11) is -2.02. The molecule has 0 unspecified atom stereocenters. The molecule has 1 aliphatic heterocycles. The standard InChI is InChI=1S/C25H27F3N2O3S/c1-24(2,3)18-5-8-20(9-6-18)34(31,32)30-16-22(17-11-13-29(4)14-12-17)21-15-19(7-10-23(21)30)33-25(26,27)28/h5-11,15-16H,12-14H2,1-4H3. The van der Waals surface area contributed by atoms with E-state index >= 15 is 0 Å². The van der Waals surface area contributed by atoms with Crippen LogP contribution in [0.25, 0.3) is 16.5 Å². The second-order valence-corrected chi connectivity index (χ2v) is 11.4. The highest BCUT2D eigenvalue weighted by molar-refractivity contribution is 7.90. The Labute approximate surface area is 197 Å². The van der Waals surface area contributed by atoms with Crippen molar-refractivity contribution < 1.29 is 26.3 Å². The van der Waals surface area contributed by atoms with Crippen LogP contribution in [0.4, 0.5) is 13.2 Å². The fraction of sp³-hybridized carbons (Fsp3) is 0.360. The predicted octanol–water partition coefficient (Wildman–Crippen LogP) is 5.79. The number of likely N-dealkylation sites (N-methyl/N-ethyl adjacent to an activating group) is 1. The second-order valence-electron chi connectivity index (χ2n) is 9.59. The Morgan fingerprint density at radius 1 is 1.00 bits per heavy atom. The zero-order valence-electron chi connectivity index (χ0n) is 19.5. The number of benzene rings is 2. The van der Waals surface area contributed by atoms with Crippen LogP contribution < -0.4 is 4.74 Å². The maximum absolute atomic E-state index is 13.6. The molecule has 3 aromatic rings. The molecule has 182 valence electrons. The molecule has 5 nitrogen and oxygen atoms in total. The smallest absolute Gasteiger partial charge is 0.406 e. The molecule has 0 fully saturated rings. The lowest BCUT2D eigenvalue weighted by atomic mass is 9.87. The molecule has 0 atom stereocenters. The van der Waals surface area contributed by atoms with E-state index in [-0.39, 0.29) is 16.1 Å². The zero-order chi connectivity index (χ0) is 24.9. The number of nitrogens with zero attached hydrogens (tertiary/aromatic N) is 2. The molecule has 9 heteroatoms. The van der Waals surface area contributed by atoms with Gasteiger partial charge >= 0.3 is 6.36 Å². The lowest BCUT2D eigenvalue weighted by Crippen LogP contribution is -2.23. The van der Waals surface area contributed by atoms with Gasteiger partial charge in [-0.15, -0.1) is 13.2 Å². The van der Waals surface area contributed by atoms with Gasteiger partial charge in [0.25, 0.3) is 10.0 Å². The molecular weight excluding hydrogens is 465 g/mol. The van der Waals surface area contributed by atoms with Crippen LogP contribution in [-0.2, 0) is 15.4 Å². The van der Waals surface area contributed by atoms with Gasteiger partial charge in [0.05, 0.1) is 10.4 Å². The summed E-state index contributed by atoms with van der Waals surface area (Å²) in [5.74, 6) is -0.389. The van der Waals surface area contributed by atoms with E-state index in [1.807, 2.05) is 33.9 Å². The highest BCUT2D eigenvalue weighted by atomic mass is 32.2. The number of alkyl halides is 3. The molecule has 1 aliphatic rings. The third kappa shape index (κ3) is 4.86. The Kier molecular flexibility index (Phi) is 6.06. The molecule has 2 aromatic carbocycles. The quantitative estimate of drug-likeness (QED) is 0.462. The average Bonchev–Trinajstić information content (AvgIpc) is 3.12. The summed E-state index contributed by atoms with van der Waals surface area (Å²) < 4.78 is 70.9. The topological polar surface area (TPSA) is 51.5 Å². The fourth-order valence-corrected chi connectivity index (χ4v) is 5.46. The molecule has 1 aromatic heterocycles. The van der Waals surface area contributed by atoms with E-state index < -0.39 is 16.4 Å². The molecule has 0 saturated heterocycles. The maximum Gasteiger partial charge on any atom is 0.573 e. The summed E-state index contributed by atoms with van der Waals surface area (Å²) in [6.45, 7) is 7.55. The van der Waals surface area contributed by atoms with Crippen molar-refractivity contribution in [3.8, 4) is 5.75 Å². The number of hydrogen-bond acceptors (Lipinski definition) is 4. The first-order valence-corrected chi connectivity index (χ1v) is 12.3. The number of ether oxygens (including phenoxy) is 1. The molecule has 0 saturated carbocycles. The van der Waals surface area contributed by atoms with E-state index in [2.05, 4.69) is 9.64 Å². The third-order valence-corrected chi connectivity index (χ3v) is 7.70. The van der Waals surface area contributed by atoms with Gasteiger partial charge in [-0.2, -0.15) is 0 Å². The molecule has 0 amide bonds. The normalized spacial score (nSPS) is 16.0. The Hall–Kier alpha value is -2.78. The third-order valence-electron chi connectivity index (χ3n) is 6.01. The van der Waals surface area contributed by atoms with Crippen molar-refractivity contribution in [1.82, 2.24) is 8.87 Å². The van der Waals surface area contributed by atoms with Gasteiger partial charge in [-0.1, -0.05) is 39.0 Å². The number of hydrogen-bond donors (Lipinski definition) is 0. The summed E-state index contributed by atoms with van der Waals surface area (Å²) in [5.41, 5.74) is 2.64. The van der Waals surface area contributed by atoms with Crippen molar-refractivity contribution in [3.05, 3.63) is 65.9 Å². The van der Waals surface area contributed by atoms with E-state index in [9.17, 15) is 21.6 Å². The van der Waals surface area contributed by atoms with E-state index in [1.165, 1.54) is 18.3 Å². The van der Waals surface area contributed by atoms with Gasteiger partial charge in [-0.05, 0) is 60.4 Å². The monoisotopic (exact) mass is 492 g/mol. The Balaban J connectivity index is 1.87. The van der Waals surface area contributed by atoms with Crippen molar-refractivity contribution in [2.45, 2.75) is 43.9 Å². The van der Waals surface area contributed by atoms with Gasteiger partial charge in [0.2, 0.25) is 0 Å². The van der Waals surface area contributed by atoms with Gasteiger partial charge in [0.1, 0.15) is 5.75 Å². The first kappa shape index (κ1) is 24.3. The minimum Gasteiger partial charge on any atom is -0.406 e. The number of rotatable bonds is 4. The van der Waals surface area contributed by atoms with E-state index in [0.29, 0.717) is 29.4 Å². The van der Waals surface area contributed by atoms with Crippen molar-refractivity contribution >= 4 is 26.5 Å². The zero-order valence-corrected chi connectivity index (χ0v) is 20.3. The predicted molar refractivity (Wildman–Crippen MR) is 126 cm³/mol. The number of aromatic nitrogens is 1. The minimum absolute atomic E-state index is 0.108. The van der Waals surface area contributed by atoms with Crippen LogP contribution in [-0.4, -0.2) is 43.8 Å². The van der Waals surface area contributed by atoms with Crippen LogP contribution in [0.3, 0.4) is 0 Å². The molecule has 34 heavy (non-hydrogen) atoms. The van der Waals surface area contributed by atoms with Crippen molar-refractivity contribution in [2.75, 3.05) is 20.1 Å². The van der Waals surface area contributed by atoms with Crippen molar-refractivity contribution in [3.63, 3.8) is 0 Å². The molecule has 2 heterocycles. The molecule has 4 rings (SSSR count). The van der Waals surface area contributed by atoms with Crippen LogP contribution in [0.1, 0.15) is 38.3 Å². The van der Waals surface area contributed by atoms with Crippen LogP contribution in [0.5, 0.6) is 5.75 Å². The Bertz CT molecular complexity index is 1350. The maximum atomic E-state index is 13.6. The van der Waals surface area contributed by atoms with E-state index in [1.54, 1.807) is 24.3 Å². The fourth-order valence-electron chi connectivity index (χ4n) is 4.09. The molecule has 0 radical (unpaired) electrons. The molecule has 0 spiro atoms. The Morgan fingerprint density at radius 3 is 2.24 bits per heavy atom. The van der Waals surface area contributed by atoms with Gasteiger partial charge in [0, 0.05) is 30.2 Å². The molecule has 0 aliphatic carbocycles. The van der Waals surface area contributed by atoms with E-state index in [0.717, 1.165) is 27.7 Å². The largest absolute Gasteiger partial charge is 0.573 e. The first-order valence-electron chi connectivity index (χ1n) is 10.9. The van der Waals surface area contributed by atoms with Crippen LogP contribution >= 0.6 is 0 Å². The average molecular weight is 493 g/mol. The SMILES string of the molecule is CN1CC=C(c2cn(S(=O)(=O)c3ccc(C(C)(C)C)cc3)c3ccc(OC(F)(F)F)cc23)CC1. The lowest BCUT2D eigenvalue weighted by Gasteiger charge is -2.21. The first-order chi connectivity index (χ1) is 15.8. The lowest BCUT2D eigenvalue weighted by molar-refractivity contribution is -0.274. The summed E-state index contributed by atoms with van der Waals surface area (Å²) in [4.78, 5) is 2.21. The molecule has 0 N–H and O–H groups in total. The van der Waals surface area contributed by atoms with Gasteiger partial charge in [-0.3, -0.25) is 0 Å². The summed E-state index contributed by atoms with van der Waals surface area (Å²) in [5, 5.41) is 0.396. The highest BCUT2D eigenvalue weighted by Gasteiger charge is 2.32.